The Bertz CT molecular complexity index is 788. The van der Waals surface area contributed by atoms with Gasteiger partial charge in [-0.2, -0.15) is 0 Å². The number of aliphatic carboxylic acids is 1. The first-order valence-corrected chi connectivity index (χ1v) is 9.90. The Hall–Kier alpha value is -1.86. The Kier molecular flexibility index (Phi) is 5.15. The quantitative estimate of drug-likeness (QED) is 0.806. The van der Waals surface area contributed by atoms with Crippen LogP contribution in [0, 0.1) is 12.3 Å². The van der Waals surface area contributed by atoms with Crippen LogP contribution in [-0.2, 0) is 10.5 Å². The third-order valence-corrected chi connectivity index (χ3v) is 6.30. The van der Waals surface area contributed by atoms with Crippen molar-refractivity contribution in [2.24, 2.45) is 5.41 Å². The number of hydrogen-bond acceptors (Lipinski definition) is 5. The van der Waals surface area contributed by atoms with Crippen molar-refractivity contribution in [1.82, 2.24) is 9.88 Å². The van der Waals surface area contributed by atoms with E-state index in [9.17, 15) is 14.7 Å². The molecule has 0 bridgehead atoms. The summed E-state index contributed by atoms with van der Waals surface area (Å²) in [4.78, 5) is 31.0. The summed E-state index contributed by atoms with van der Waals surface area (Å²) in [7, 11) is 0. The number of carboxylic acids is 1. The second-order valence-electron chi connectivity index (χ2n) is 6.51. The molecule has 1 fully saturated rings. The van der Waals surface area contributed by atoms with Crippen LogP contribution in [0.25, 0.3) is 0 Å². The number of carbonyl (C=O) groups excluding carboxylic acids is 1. The van der Waals surface area contributed by atoms with Crippen molar-refractivity contribution in [3.63, 3.8) is 0 Å². The highest BCUT2D eigenvalue weighted by atomic mass is 32.2. The lowest BCUT2D eigenvalue weighted by Crippen LogP contribution is -2.34. The fourth-order valence-electron chi connectivity index (χ4n) is 2.82. The van der Waals surface area contributed by atoms with Gasteiger partial charge in [-0.1, -0.05) is 0 Å². The van der Waals surface area contributed by atoms with E-state index in [-0.39, 0.29) is 12.5 Å². The number of amides is 1. The Balaban J connectivity index is 1.60. The summed E-state index contributed by atoms with van der Waals surface area (Å²) in [5.74, 6) is -0.135. The molecule has 25 heavy (non-hydrogen) atoms. The van der Waals surface area contributed by atoms with Crippen LogP contribution in [-0.4, -0.2) is 40.0 Å². The zero-order valence-electron chi connectivity index (χ0n) is 14.2. The number of carbonyl (C=O) groups is 2. The van der Waals surface area contributed by atoms with Crippen LogP contribution >= 0.6 is 23.1 Å². The monoisotopic (exact) mass is 376 g/mol. The summed E-state index contributed by atoms with van der Waals surface area (Å²) in [6.45, 7) is 4.44. The number of aryl methyl sites for hydroxylation is 1. The van der Waals surface area contributed by atoms with Crippen molar-refractivity contribution in [2.45, 2.75) is 30.9 Å². The minimum atomic E-state index is -0.841. The van der Waals surface area contributed by atoms with E-state index in [2.05, 4.69) is 10.4 Å². The fourth-order valence-corrected chi connectivity index (χ4v) is 4.33. The Morgan fingerprint density at radius 2 is 2.08 bits per heavy atom. The van der Waals surface area contributed by atoms with E-state index in [1.807, 2.05) is 31.2 Å². The molecular formula is C18H20N2O3S2. The lowest BCUT2D eigenvalue weighted by molar-refractivity contribution is -0.147. The summed E-state index contributed by atoms with van der Waals surface area (Å²) in [5.41, 5.74) is 0.832. The summed E-state index contributed by atoms with van der Waals surface area (Å²) in [5, 5.41) is 12.4. The average molecular weight is 377 g/mol. The maximum Gasteiger partial charge on any atom is 0.311 e. The third-order valence-electron chi connectivity index (χ3n) is 4.43. The first-order chi connectivity index (χ1) is 11.9. The fraction of sp³-hybridized carbons (Fsp3) is 0.389. The Morgan fingerprint density at radius 3 is 2.64 bits per heavy atom. The maximum atomic E-state index is 12.6. The number of rotatable bonds is 5. The largest absolute Gasteiger partial charge is 0.481 e. The van der Waals surface area contributed by atoms with Gasteiger partial charge >= 0.3 is 5.97 Å². The van der Waals surface area contributed by atoms with Gasteiger partial charge in [0.2, 0.25) is 0 Å². The van der Waals surface area contributed by atoms with Gasteiger partial charge in [0.15, 0.2) is 0 Å². The van der Waals surface area contributed by atoms with Crippen molar-refractivity contribution in [3.05, 3.63) is 45.9 Å². The first kappa shape index (κ1) is 17.9. The molecule has 1 N–H and O–H groups in total. The highest BCUT2D eigenvalue weighted by Gasteiger charge is 2.42. The second kappa shape index (κ2) is 7.17. The Labute approximate surface area is 155 Å². The molecule has 0 aliphatic carbocycles. The third kappa shape index (κ3) is 4.04. The van der Waals surface area contributed by atoms with Crippen LogP contribution in [0.3, 0.4) is 0 Å². The van der Waals surface area contributed by atoms with Crippen LogP contribution in [0.5, 0.6) is 0 Å². The summed E-state index contributed by atoms with van der Waals surface area (Å²) < 4.78 is 0. The molecule has 0 spiro atoms. The van der Waals surface area contributed by atoms with Crippen LogP contribution in [0.2, 0.25) is 0 Å². The van der Waals surface area contributed by atoms with Crippen molar-refractivity contribution < 1.29 is 14.7 Å². The van der Waals surface area contributed by atoms with Crippen LogP contribution in [0.4, 0.5) is 0 Å². The normalized spacial score (nSPS) is 20.0. The lowest BCUT2D eigenvalue weighted by atomic mass is 9.90. The number of thiazole rings is 1. The van der Waals surface area contributed by atoms with Gasteiger partial charge in [-0.05, 0) is 44.5 Å². The molecule has 1 unspecified atom stereocenters. The van der Waals surface area contributed by atoms with Gasteiger partial charge in [0, 0.05) is 34.7 Å². The molecule has 1 aromatic heterocycles. The topological polar surface area (TPSA) is 70.5 Å². The number of benzene rings is 1. The summed E-state index contributed by atoms with van der Waals surface area (Å²) in [6.07, 6.45) is 0.495. The van der Waals surface area contributed by atoms with E-state index < -0.39 is 11.4 Å². The molecule has 1 aliphatic heterocycles. The highest BCUT2D eigenvalue weighted by molar-refractivity contribution is 7.98. The molecule has 1 aromatic carbocycles. The number of thioether (sulfide) groups is 1. The number of nitrogens with zero attached hydrogens (tertiary/aromatic N) is 2. The molecule has 0 saturated carbocycles. The van der Waals surface area contributed by atoms with Gasteiger partial charge < -0.3 is 10.0 Å². The van der Waals surface area contributed by atoms with E-state index in [4.69, 9.17) is 0 Å². The van der Waals surface area contributed by atoms with Crippen LogP contribution in [0.1, 0.15) is 34.4 Å². The van der Waals surface area contributed by atoms with Gasteiger partial charge in [0.05, 0.1) is 16.1 Å². The zero-order chi connectivity index (χ0) is 18.0. The minimum Gasteiger partial charge on any atom is -0.481 e. The van der Waals surface area contributed by atoms with Crippen LogP contribution < -0.4 is 0 Å². The summed E-state index contributed by atoms with van der Waals surface area (Å²) >= 11 is 3.33. The minimum absolute atomic E-state index is 0.100. The lowest BCUT2D eigenvalue weighted by Gasteiger charge is -2.20. The van der Waals surface area contributed by atoms with E-state index in [1.54, 1.807) is 34.9 Å². The number of likely N-dealkylation sites (tertiary alicyclic amines) is 1. The molecule has 2 heterocycles. The molecule has 1 saturated heterocycles. The van der Waals surface area contributed by atoms with E-state index in [1.165, 1.54) is 0 Å². The maximum absolute atomic E-state index is 12.6. The van der Waals surface area contributed by atoms with Gasteiger partial charge in [-0.15, -0.1) is 23.1 Å². The number of hydrogen-bond donors (Lipinski definition) is 1. The predicted molar refractivity (Wildman–Crippen MR) is 99.1 cm³/mol. The number of aromatic nitrogens is 1. The van der Waals surface area contributed by atoms with Crippen molar-refractivity contribution in [2.75, 3.05) is 13.1 Å². The van der Waals surface area contributed by atoms with E-state index in [0.29, 0.717) is 18.5 Å². The molecule has 3 rings (SSSR count). The SMILES string of the molecule is Cc1nc(CSc2ccc(C(=O)N3CCC(C)(C(=O)O)C3)cc2)cs1. The smallest absolute Gasteiger partial charge is 0.311 e. The molecule has 0 radical (unpaired) electrons. The molecule has 132 valence electrons. The van der Waals surface area contributed by atoms with Crippen molar-refractivity contribution in [3.8, 4) is 0 Å². The predicted octanol–water partition coefficient (Wildman–Crippen LogP) is 3.68. The second-order valence-corrected chi connectivity index (χ2v) is 8.62. The molecule has 1 aliphatic rings. The molecule has 5 nitrogen and oxygen atoms in total. The van der Waals surface area contributed by atoms with Gasteiger partial charge in [-0.25, -0.2) is 4.98 Å². The first-order valence-electron chi connectivity index (χ1n) is 8.04. The molecule has 7 heteroatoms. The standard InChI is InChI=1S/C18H20N2O3S2/c1-12-19-14(9-24-12)10-25-15-5-3-13(4-6-15)16(21)20-8-7-18(2,11-20)17(22)23/h3-6,9H,7-8,10-11H2,1-2H3,(H,22,23). The van der Waals surface area contributed by atoms with Gasteiger partial charge in [0.1, 0.15) is 0 Å². The average Bonchev–Trinajstić information content (AvgIpc) is 3.20. The number of carboxylic acid groups (broad SMARTS) is 1. The van der Waals surface area contributed by atoms with Gasteiger partial charge in [0.25, 0.3) is 5.91 Å². The van der Waals surface area contributed by atoms with Gasteiger partial charge in [-0.3, -0.25) is 9.59 Å². The van der Waals surface area contributed by atoms with E-state index in [0.717, 1.165) is 21.3 Å². The molecular weight excluding hydrogens is 356 g/mol. The van der Waals surface area contributed by atoms with Crippen molar-refractivity contribution >= 4 is 35.0 Å². The van der Waals surface area contributed by atoms with Crippen molar-refractivity contribution in [1.29, 1.82) is 0 Å². The molecule has 2 aromatic rings. The Morgan fingerprint density at radius 1 is 1.36 bits per heavy atom. The zero-order valence-corrected chi connectivity index (χ0v) is 15.8. The highest BCUT2D eigenvalue weighted by Crippen LogP contribution is 2.31. The van der Waals surface area contributed by atoms with Crippen LogP contribution in [0.15, 0.2) is 34.5 Å². The molecule has 1 amide bonds. The summed E-state index contributed by atoms with van der Waals surface area (Å²) in [6, 6.07) is 7.49. The van der Waals surface area contributed by atoms with E-state index >= 15 is 0 Å². The molecule has 1 atom stereocenters.